The zero-order valence-corrected chi connectivity index (χ0v) is 23.1. The molecule has 1 aliphatic heterocycles. The Kier molecular flexibility index (Phi) is 8.04. The SMILES string of the molecule is O=[P@]1(C(NCc2ccccc2)c2ccccc2)O[C@H](c2ccccc2)[C@H](c2ccccc2)N[C@@H]1c1ccccc1. The van der Waals surface area contributed by atoms with Gasteiger partial charge in [-0.05, 0) is 27.8 Å². The summed E-state index contributed by atoms with van der Waals surface area (Å²) in [5.41, 5.74) is 5.09. The topological polar surface area (TPSA) is 50.4 Å². The zero-order chi connectivity index (χ0) is 27.2. The van der Waals surface area contributed by atoms with E-state index in [-0.39, 0.29) is 6.04 Å². The van der Waals surface area contributed by atoms with E-state index in [9.17, 15) is 0 Å². The van der Waals surface area contributed by atoms with E-state index >= 15 is 4.57 Å². The van der Waals surface area contributed by atoms with Gasteiger partial charge in [-0.15, -0.1) is 0 Å². The van der Waals surface area contributed by atoms with Crippen molar-refractivity contribution in [3.63, 3.8) is 0 Å². The van der Waals surface area contributed by atoms with E-state index in [1.807, 2.05) is 115 Å². The molecule has 0 radical (unpaired) electrons. The summed E-state index contributed by atoms with van der Waals surface area (Å²) in [6, 6.07) is 50.6. The first kappa shape index (κ1) is 26.4. The second-order valence-corrected chi connectivity index (χ2v) is 12.7. The Bertz CT molecular complexity index is 1490. The maximum Gasteiger partial charge on any atom is 0.245 e. The molecule has 5 aromatic carbocycles. The Morgan fingerprint density at radius 1 is 0.625 bits per heavy atom. The van der Waals surface area contributed by atoms with Gasteiger partial charge in [0.2, 0.25) is 7.37 Å². The Balaban J connectivity index is 1.49. The molecule has 1 aliphatic rings. The second-order valence-electron chi connectivity index (χ2n) is 10.1. The number of hydrogen-bond acceptors (Lipinski definition) is 4. The van der Waals surface area contributed by atoms with Gasteiger partial charge in [-0.1, -0.05) is 152 Å². The lowest BCUT2D eigenvalue weighted by Crippen LogP contribution is -2.40. The van der Waals surface area contributed by atoms with Crippen molar-refractivity contribution in [3.8, 4) is 0 Å². The van der Waals surface area contributed by atoms with Gasteiger partial charge < -0.3 is 4.52 Å². The zero-order valence-electron chi connectivity index (χ0n) is 22.2. The normalized spacial score (nSPS) is 23.4. The van der Waals surface area contributed by atoms with E-state index in [0.29, 0.717) is 6.54 Å². The third kappa shape index (κ3) is 5.58. The van der Waals surface area contributed by atoms with Crippen LogP contribution in [0.15, 0.2) is 152 Å². The van der Waals surface area contributed by atoms with Crippen LogP contribution < -0.4 is 10.6 Å². The van der Waals surface area contributed by atoms with Gasteiger partial charge >= 0.3 is 0 Å². The third-order valence-corrected chi connectivity index (χ3v) is 10.4. The fourth-order valence-corrected chi connectivity index (χ4v) is 8.57. The van der Waals surface area contributed by atoms with Crippen molar-refractivity contribution >= 4 is 7.37 Å². The van der Waals surface area contributed by atoms with E-state index in [1.54, 1.807) is 0 Å². The van der Waals surface area contributed by atoms with Crippen LogP contribution >= 0.6 is 7.37 Å². The minimum absolute atomic E-state index is 0.193. The highest BCUT2D eigenvalue weighted by molar-refractivity contribution is 7.59. The molecule has 1 unspecified atom stereocenters. The molecule has 0 aliphatic carbocycles. The molecule has 1 fully saturated rings. The van der Waals surface area contributed by atoms with Crippen LogP contribution in [0.25, 0.3) is 0 Å². The summed E-state index contributed by atoms with van der Waals surface area (Å²) in [6.07, 6.45) is -0.445. The summed E-state index contributed by atoms with van der Waals surface area (Å²) in [6.45, 7) is 0.563. The van der Waals surface area contributed by atoms with Gasteiger partial charge in [-0.3, -0.25) is 15.2 Å². The van der Waals surface area contributed by atoms with Gasteiger partial charge in [-0.2, -0.15) is 0 Å². The molecule has 1 heterocycles. The van der Waals surface area contributed by atoms with Crippen LogP contribution in [0.5, 0.6) is 0 Å². The molecule has 0 amide bonds. The van der Waals surface area contributed by atoms with Crippen molar-refractivity contribution in [2.24, 2.45) is 0 Å². The first-order valence-electron chi connectivity index (χ1n) is 13.7. The summed E-state index contributed by atoms with van der Waals surface area (Å²) in [7, 11) is -3.52. The lowest BCUT2D eigenvalue weighted by molar-refractivity contribution is 0.117. The van der Waals surface area contributed by atoms with Crippen molar-refractivity contribution < 1.29 is 9.09 Å². The van der Waals surface area contributed by atoms with Crippen LogP contribution in [0.3, 0.4) is 0 Å². The number of hydrogen-bond donors (Lipinski definition) is 2. The molecular weight excluding hydrogens is 511 g/mol. The highest BCUT2D eigenvalue weighted by atomic mass is 31.2. The first-order chi connectivity index (χ1) is 19.7. The first-order valence-corrected chi connectivity index (χ1v) is 15.5. The standard InChI is InChI=1S/C35H33N2O2P/c38-40(34(30-22-12-4-13-23-30)36-26-27-16-6-1-7-17-27)35(31-24-14-5-15-25-31)37-32(28-18-8-2-9-19-28)33(39-40)29-20-10-3-11-21-29/h1-25,32-37H,26H2/t32-,33+,34?,35-,40+/m0/s1. The number of nitrogens with one attached hydrogen (secondary N) is 2. The van der Waals surface area contributed by atoms with E-state index in [0.717, 1.165) is 27.8 Å². The van der Waals surface area contributed by atoms with E-state index < -0.39 is 25.0 Å². The van der Waals surface area contributed by atoms with Gasteiger partial charge in [0.05, 0.1) is 6.04 Å². The Labute approximate surface area is 236 Å². The molecule has 0 bridgehead atoms. The van der Waals surface area contributed by atoms with Crippen LogP contribution in [0, 0.1) is 0 Å². The fourth-order valence-electron chi connectivity index (χ4n) is 5.54. The molecule has 200 valence electrons. The van der Waals surface area contributed by atoms with Gasteiger partial charge in [0.15, 0.2) is 0 Å². The average Bonchev–Trinajstić information content (AvgIpc) is 3.03. The van der Waals surface area contributed by atoms with E-state index in [4.69, 9.17) is 4.52 Å². The van der Waals surface area contributed by atoms with Crippen molar-refractivity contribution in [3.05, 3.63) is 179 Å². The van der Waals surface area contributed by atoms with E-state index in [2.05, 4.69) is 47.0 Å². The molecule has 1 saturated heterocycles. The second kappa shape index (κ2) is 12.2. The fraction of sp³-hybridized carbons (Fsp3) is 0.143. The van der Waals surface area contributed by atoms with Gasteiger partial charge in [0.1, 0.15) is 17.7 Å². The molecule has 6 rings (SSSR count). The third-order valence-electron chi connectivity index (χ3n) is 7.50. The molecule has 5 heteroatoms. The number of benzene rings is 5. The lowest BCUT2D eigenvalue weighted by atomic mass is 9.95. The van der Waals surface area contributed by atoms with Crippen LogP contribution in [0.1, 0.15) is 51.5 Å². The van der Waals surface area contributed by atoms with Crippen molar-refractivity contribution in [2.45, 2.75) is 30.3 Å². The quantitative estimate of drug-likeness (QED) is 0.192. The molecule has 0 saturated carbocycles. The average molecular weight is 545 g/mol. The lowest BCUT2D eigenvalue weighted by Gasteiger charge is -2.46. The molecular formula is C35H33N2O2P. The summed E-state index contributed by atoms with van der Waals surface area (Å²) in [5, 5.41) is 7.51. The van der Waals surface area contributed by atoms with E-state index in [1.165, 1.54) is 0 Å². The summed E-state index contributed by atoms with van der Waals surface area (Å²) < 4.78 is 22.7. The predicted octanol–water partition coefficient (Wildman–Crippen LogP) is 8.55. The Morgan fingerprint density at radius 3 is 1.68 bits per heavy atom. The van der Waals surface area contributed by atoms with Gasteiger partial charge in [0, 0.05) is 6.54 Å². The molecule has 5 atom stereocenters. The van der Waals surface area contributed by atoms with Crippen molar-refractivity contribution in [1.29, 1.82) is 0 Å². The molecule has 40 heavy (non-hydrogen) atoms. The molecule has 2 N–H and O–H groups in total. The number of rotatable bonds is 8. The van der Waals surface area contributed by atoms with Crippen LogP contribution in [0.4, 0.5) is 0 Å². The molecule has 5 aromatic rings. The Hall–Kier alpha value is -3.79. The predicted molar refractivity (Wildman–Crippen MR) is 162 cm³/mol. The summed E-state index contributed by atoms with van der Waals surface area (Å²) in [5.74, 6) is -1.05. The smallest absolute Gasteiger partial charge is 0.245 e. The van der Waals surface area contributed by atoms with Crippen LogP contribution in [0.2, 0.25) is 0 Å². The molecule has 0 aromatic heterocycles. The monoisotopic (exact) mass is 544 g/mol. The van der Waals surface area contributed by atoms with Crippen LogP contribution in [-0.2, 0) is 15.6 Å². The maximum absolute atomic E-state index is 15.7. The minimum atomic E-state index is -3.52. The Morgan fingerprint density at radius 2 is 1.10 bits per heavy atom. The highest BCUT2D eigenvalue weighted by Crippen LogP contribution is 2.73. The van der Waals surface area contributed by atoms with Crippen LogP contribution in [-0.4, -0.2) is 0 Å². The largest absolute Gasteiger partial charge is 0.316 e. The summed E-state index contributed by atoms with van der Waals surface area (Å²) >= 11 is 0. The van der Waals surface area contributed by atoms with Crippen molar-refractivity contribution in [1.82, 2.24) is 10.6 Å². The molecule has 0 spiro atoms. The minimum Gasteiger partial charge on any atom is -0.316 e. The van der Waals surface area contributed by atoms with Gasteiger partial charge in [0.25, 0.3) is 0 Å². The maximum atomic E-state index is 15.7. The van der Waals surface area contributed by atoms with Gasteiger partial charge in [-0.25, -0.2) is 0 Å². The molecule has 4 nitrogen and oxygen atoms in total. The van der Waals surface area contributed by atoms with Crippen molar-refractivity contribution in [2.75, 3.05) is 0 Å². The highest BCUT2D eigenvalue weighted by Gasteiger charge is 2.51. The summed E-state index contributed by atoms with van der Waals surface area (Å²) in [4.78, 5) is 0.